The minimum atomic E-state index is -0.690. The highest BCUT2D eigenvalue weighted by Crippen LogP contribution is 2.51. The number of nitrogens with zero attached hydrogens (tertiary/aromatic N) is 4. The Bertz CT molecular complexity index is 2220. The number of rotatable bonds is 12. The van der Waals surface area contributed by atoms with Crippen molar-refractivity contribution in [2.24, 2.45) is 22.7 Å². The van der Waals surface area contributed by atoms with Gasteiger partial charge in [-0.15, -0.1) is 0 Å². The summed E-state index contributed by atoms with van der Waals surface area (Å²) in [6, 6.07) is 12.2. The summed E-state index contributed by atoms with van der Waals surface area (Å²) < 4.78 is 15.8. The number of H-pyrrole nitrogens is 1. The van der Waals surface area contributed by atoms with Crippen LogP contribution >= 0.6 is 0 Å². The molecule has 3 aromatic rings. The molecule has 4 aliphatic heterocycles. The van der Waals surface area contributed by atoms with Gasteiger partial charge < -0.3 is 34.3 Å². The third-order valence-corrected chi connectivity index (χ3v) is 13.9. The summed E-state index contributed by atoms with van der Waals surface area (Å²) in [4.78, 5) is 68.9. The van der Waals surface area contributed by atoms with Gasteiger partial charge in [-0.2, -0.15) is 0 Å². The molecule has 2 N–H and O–H groups in total. The molecule has 3 amide bonds. The van der Waals surface area contributed by atoms with Crippen LogP contribution in [0.25, 0.3) is 28.0 Å². The van der Waals surface area contributed by atoms with Crippen molar-refractivity contribution in [1.82, 2.24) is 25.1 Å². The number of imidazole rings is 1. The van der Waals surface area contributed by atoms with E-state index in [0.29, 0.717) is 26.1 Å². The SMILES string of the molecule is COC(=O)C[C@H](C(=O)N1CCC[C@H]1C1=NC=C(c2ccc(-c3ccc(-c4cnc([C@@H]5CCCN5C(=O)[C@@H](NC(=O)OC)C(C)C)[nH]4)cc3)c3c2CCC32CCOC2)C1)C(C)C. The molecule has 13 nitrogen and oxygen atoms in total. The van der Waals surface area contributed by atoms with Crippen LogP contribution in [0.1, 0.15) is 108 Å². The first-order valence-corrected chi connectivity index (χ1v) is 22.1. The Labute approximate surface area is 358 Å². The number of hydrogen-bond acceptors (Lipinski definition) is 9. The van der Waals surface area contributed by atoms with Crippen molar-refractivity contribution in [1.29, 1.82) is 0 Å². The summed E-state index contributed by atoms with van der Waals surface area (Å²) in [5.74, 6) is -0.241. The van der Waals surface area contributed by atoms with E-state index in [4.69, 9.17) is 24.2 Å². The van der Waals surface area contributed by atoms with Crippen LogP contribution in [0, 0.1) is 17.8 Å². The molecule has 0 saturated carbocycles. The molecule has 5 atom stereocenters. The molecular weight excluding hydrogens is 773 g/mol. The number of fused-ring (bicyclic) bond motifs is 2. The van der Waals surface area contributed by atoms with Gasteiger partial charge in [0.15, 0.2) is 0 Å². The van der Waals surface area contributed by atoms with Crippen LogP contribution in [-0.4, -0.2) is 102 Å². The third kappa shape index (κ3) is 8.13. The Balaban J connectivity index is 1.01. The van der Waals surface area contributed by atoms with Crippen LogP contribution in [0.3, 0.4) is 0 Å². The number of benzene rings is 2. The van der Waals surface area contributed by atoms with Crippen molar-refractivity contribution < 1.29 is 33.4 Å². The average Bonchev–Trinajstić information content (AvgIpc) is 4.13. The molecule has 3 fully saturated rings. The van der Waals surface area contributed by atoms with Crippen molar-refractivity contribution in [2.75, 3.05) is 40.5 Å². The molecule has 13 heteroatoms. The Morgan fingerprint density at radius 1 is 0.885 bits per heavy atom. The molecule has 1 aliphatic carbocycles. The quantitative estimate of drug-likeness (QED) is 0.179. The van der Waals surface area contributed by atoms with Gasteiger partial charge in [0.2, 0.25) is 11.8 Å². The minimum Gasteiger partial charge on any atom is -0.469 e. The first kappa shape index (κ1) is 42.4. The monoisotopic (exact) mass is 832 g/mol. The number of esters is 1. The van der Waals surface area contributed by atoms with Gasteiger partial charge in [0.05, 0.1) is 57.1 Å². The molecule has 3 saturated heterocycles. The van der Waals surface area contributed by atoms with E-state index in [1.165, 1.54) is 42.0 Å². The van der Waals surface area contributed by atoms with Gasteiger partial charge in [-0.05, 0) is 95.7 Å². The fourth-order valence-electron chi connectivity index (χ4n) is 10.5. The van der Waals surface area contributed by atoms with Gasteiger partial charge in [-0.25, -0.2) is 9.78 Å². The average molecular weight is 833 g/mol. The number of allylic oxidation sites excluding steroid dienone is 1. The van der Waals surface area contributed by atoms with Crippen molar-refractivity contribution in [3.63, 3.8) is 0 Å². The first-order valence-electron chi connectivity index (χ1n) is 22.1. The predicted molar refractivity (Wildman–Crippen MR) is 232 cm³/mol. The Morgan fingerprint density at radius 2 is 1.59 bits per heavy atom. The second-order valence-corrected chi connectivity index (χ2v) is 18.2. The fraction of sp³-hybridized carbons (Fsp3) is 0.542. The van der Waals surface area contributed by atoms with E-state index in [1.807, 2.05) is 49.9 Å². The molecule has 8 rings (SSSR count). The van der Waals surface area contributed by atoms with Gasteiger partial charge in [0.1, 0.15) is 11.9 Å². The van der Waals surface area contributed by atoms with E-state index in [9.17, 15) is 19.2 Å². The zero-order chi connectivity index (χ0) is 43.0. The predicted octanol–water partition coefficient (Wildman–Crippen LogP) is 7.40. The standard InChI is InChI=1S/C48H60N6O7/c1-28(2)36(24-41(55)59-5)45(56)53-20-7-9-39(53)37-23-32(25-49-37)33-15-16-34(42-35(33)17-18-48(42)19-22-61-27-48)30-11-13-31(14-12-30)38-26-50-44(51-38)40-10-8-21-54(40)46(57)43(29(3)4)52-47(58)60-6/h11-16,25-26,28-29,36,39-40,43H,7-10,17-24,27H2,1-6H3,(H,50,51)(H,52,58)/t36-,39-,40-,43-,48?/m0/s1. The van der Waals surface area contributed by atoms with E-state index < -0.39 is 18.1 Å². The van der Waals surface area contributed by atoms with E-state index in [0.717, 1.165) is 79.9 Å². The van der Waals surface area contributed by atoms with Crippen LogP contribution in [0.2, 0.25) is 0 Å². The van der Waals surface area contributed by atoms with Gasteiger partial charge in [-0.3, -0.25) is 19.4 Å². The molecular formula is C48H60N6O7. The molecule has 1 spiro atoms. The number of carbonyl (C=O) groups is 4. The summed E-state index contributed by atoms with van der Waals surface area (Å²) in [6.45, 7) is 10.5. The number of carbonyl (C=O) groups excluding carboxylic acids is 4. The molecule has 0 bridgehead atoms. The highest BCUT2D eigenvalue weighted by atomic mass is 16.5. The van der Waals surface area contributed by atoms with E-state index >= 15 is 0 Å². The maximum absolute atomic E-state index is 13.9. The number of ether oxygens (including phenoxy) is 3. The first-order chi connectivity index (χ1) is 29.4. The highest BCUT2D eigenvalue weighted by molar-refractivity contribution is 6.04. The number of aliphatic imine (C=N–C) groups is 1. The number of hydrogen-bond donors (Lipinski definition) is 2. The molecule has 5 heterocycles. The second-order valence-electron chi connectivity index (χ2n) is 18.2. The molecule has 1 aromatic heterocycles. The summed E-state index contributed by atoms with van der Waals surface area (Å²) >= 11 is 0. The molecule has 61 heavy (non-hydrogen) atoms. The lowest BCUT2D eigenvalue weighted by atomic mass is 9.76. The molecule has 1 unspecified atom stereocenters. The Morgan fingerprint density at radius 3 is 2.26 bits per heavy atom. The maximum atomic E-state index is 13.9. The van der Waals surface area contributed by atoms with Crippen LogP contribution in [0.5, 0.6) is 0 Å². The molecule has 0 radical (unpaired) electrons. The van der Waals surface area contributed by atoms with Crippen LogP contribution in [0.4, 0.5) is 4.79 Å². The zero-order valence-corrected chi connectivity index (χ0v) is 36.4. The second kappa shape index (κ2) is 17.6. The van der Waals surface area contributed by atoms with Crippen LogP contribution < -0.4 is 5.32 Å². The largest absolute Gasteiger partial charge is 0.469 e. The number of amides is 3. The van der Waals surface area contributed by atoms with Gasteiger partial charge in [0, 0.05) is 43.4 Å². The normalized spacial score (nSPS) is 23.1. The summed E-state index contributed by atoms with van der Waals surface area (Å²) in [5, 5.41) is 2.72. The van der Waals surface area contributed by atoms with E-state index in [2.05, 4.69) is 46.7 Å². The number of likely N-dealkylation sites (tertiary alicyclic amines) is 2. The summed E-state index contributed by atoms with van der Waals surface area (Å²) in [5.41, 5.74) is 10.4. The van der Waals surface area contributed by atoms with Gasteiger partial charge in [0.25, 0.3) is 0 Å². The summed E-state index contributed by atoms with van der Waals surface area (Å²) in [6.07, 6.45) is 10.5. The van der Waals surface area contributed by atoms with Crippen molar-refractivity contribution in [2.45, 2.75) is 109 Å². The van der Waals surface area contributed by atoms with Crippen LogP contribution in [0.15, 0.2) is 53.8 Å². The molecule has 5 aliphatic rings. The maximum Gasteiger partial charge on any atom is 0.407 e. The fourth-order valence-corrected chi connectivity index (χ4v) is 10.5. The van der Waals surface area contributed by atoms with Crippen molar-refractivity contribution in [3.05, 3.63) is 71.3 Å². The number of methoxy groups -OCH3 is 2. The lowest BCUT2D eigenvalue weighted by molar-refractivity contribution is -0.148. The lowest BCUT2D eigenvalue weighted by Gasteiger charge is -2.30. The summed E-state index contributed by atoms with van der Waals surface area (Å²) in [7, 11) is 2.67. The number of alkyl carbamates (subject to hydrolysis) is 1. The number of aromatic amines is 1. The van der Waals surface area contributed by atoms with Gasteiger partial charge in [-0.1, -0.05) is 64.1 Å². The highest BCUT2D eigenvalue weighted by Gasteiger charge is 2.46. The Hall–Kier alpha value is -5.30. The topological polar surface area (TPSA) is 156 Å². The smallest absolute Gasteiger partial charge is 0.407 e. The Kier molecular flexibility index (Phi) is 12.2. The third-order valence-electron chi connectivity index (χ3n) is 13.9. The number of nitrogens with one attached hydrogen (secondary N) is 2. The number of aromatic nitrogens is 2. The van der Waals surface area contributed by atoms with Crippen LogP contribution in [-0.2, 0) is 40.4 Å². The van der Waals surface area contributed by atoms with Gasteiger partial charge >= 0.3 is 12.1 Å². The van der Waals surface area contributed by atoms with E-state index in [-0.39, 0.29) is 53.5 Å². The van der Waals surface area contributed by atoms with Crippen molar-refractivity contribution >= 4 is 35.2 Å². The lowest BCUT2D eigenvalue weighted by Crippen LogP contribution is -2.51. The molecule has 2 aromatic carbocycles. The van der Waals surface area contributed by atoms with E-state index in [1.54, 1.807) is 0 Å². The molecule has 324 valence electrons. The zero-order valence-electron chi connectivity index (χ0n) is 36.4. The minimum absolute atomic E-state index is 0.0176. The van der Waals surface area contributed by atoms with Crippen molar-refractivity contribution in [3.8, 4) is 22.4 Å².